The van der Waals surface area contributed by atoms with Crippen molar-refractivity contribution >= 4 is 33.4 Å². The number of hydrogen-bond donors (Lipinski definition) is 0. The number of ether oxygens (including phenoxy) is 1. The third kappa shape index (κ3) is 5.13. The van der Waals surface area contributed by atoms with Gasteiger partial charge in [-0.25, -0.2) is 8.42 Å². The molecule has 3 aliphatic rings. The third-order valence-electron chi connectivity index (χ3n) is 7.84. The third-order valence-corrected chi connectivity index (χ3v) is 10.8. The Morgan fingerprint density at radius 2 is 1.79 bits per heavy atom. The molecule has 3 aromatic rings. The predicted molar refractivity (Wildman–Crippen MR) is 150 cm³/mol. The van der Waals surface area contributed by atoms with Crippen LogP contribution in [-0.2, 0) is 26.0 Å². The number of nitrogens with zero attached hydrogens (tertiary/aromatic N) is 5. The molecule has 0 unspecified atom stereocenters. The lowest BCUT2D eigenvalue weighted by Gasteiger charge is -2.26. The van der Waals surface area contributed by atoms with E-state index < -0.39 is 10.0 Å². The molecule has 11 heteroatoms. The normalized spacial score (nSPS) is 19.4. The summed E-state index contributed by atoms with van der Waals surface area (Å²) in [6.07, 6.45) is 5.12. The molecule has 2 aromatic carbocycles. The zero-order valence-electron chi connectivity index (χ0n) is 22.0. The van der Waals surface area contributed by atoms with Gasteiger partial charge < -0.3 is 9.64 Å². The highest BCUT2D eigenvalue weighted by Crippen LogP contribution is 2.39. The number of aromatic nitrogens is 3. The molecule has 0 spiro atoms. The number of sulfonamides is 1. The Morgan fingerprint density at radius 1 is 1.03 bits per heavy atom. The summed E-state index contributed by atoms with van der Waals surface area (Å²) in [5.74, 6) is 0.709. The molecule has 1 saturated heterocycles. The number of amides is 1. The average molecular weight is 568 g/mol. The van der Waals surface area contributed by atoms with Crippen LogP contribution in [0, 0.1) is 0 Å². The summed E-state index contributed by atoms with van der Waals surface area (Å²) >= 11 is 1.43. The van der Waals surface area contributed by atoms with Crippen LogP contribution >= 0.6 is 11.8 Å². The van der Waals surface area contributed by atoms with Crippen molar-refractivity contribution in [2.45, 2.75) is 60.4 Å². The van der Waals surface area contributed by atoms with Gasteiger partial charge in [-0.2, -0.15) is 4.31 Å². The number of benzene rings is 2. The molecule has 206 valence electrons. The summed E-state index contributed by atoms with van der Waals surface area (Å²) in [7, 11) is -3.64. The maximum atomic E-state index is 13.5. The molecule has 39 heavy (non-hydrogen) atoms. The van der Waals surface area contributed by atoms with Gasteiger partial charge in [-0.3, -0.25) is 9.36 Å². The second-order valence-corrected chi connectivity index (χ2v) is 13.5. The number of morpholine rings is 1. The van der Waals surface area contributed by atoms with E-state index in [4.69, 9.17) is 4.74 Å². The highest BCUT2D eigenvalue weighted by molar-refractivity contribution is 8.00. The Kier molecular flexibility index (Phi) is 7.49. The lowest BCUT2D eigenvalue weighted by Crippen LogP contribution is -2.40. The summed E-state index contributed by atoms with van der Waals surface area (Å²) < 4.78 is 35.6. The Morgan fingerprint density at radius 3 is 2.59 bits per heavy atom. The molecule has 0 bridgehead atoms. The van der Waals surface area contributed by atoms with Gasteiger partial charge in [0.2, 0.25) is 15.9 Å². The van der Waals surface area contributed by atoms with Crippen LogP contribution in [0.2, 0.25) is 0 Å². The number of para-hydroxylation sites is 1. The SMILES string of the molecule is C[C@H](Sc1nnc(-c2cccc(S(=O)(=O)N3CCOCC3)c2)n1C1CCCC1)C(=O)N1CCc2ccccc21. The molecule has 1 amide bonds. The highest BCUT2D eigenvalue weighted by atomic mass is 32.2. The number of thioether (sulfide) groups is 1. The number of carbonyl (C=O) groups excluding carboxylic acids is 1. The maximum Gasteiger partial charge on any atom is 0.243 e. The molecular weight excluding hydrogens is 534 g/mol. The van der Waals surface area contributed by atoms with Gasteiger partial charge in [-0.15, -0.1) is 10.2 Å². The monoisotopic (exact) mass is 567 g/mol. The molecule has 2 aliphatic heterocycles. The van der Waals surface area contributed by atoms with E-state index in [1.54, 1.807) is 18.2 Å². The van der Waals surface area contributed by atoms with Crippen LogP contribution in [-0.4, -0.2) is 71.5 Å². The van der Waals surface area contributed by atoms with Crippen LogP contribution in [0.25, 0.3) is 11.4 Å². The molecule has 1 atom stereocenters. The van der Waals surface area contributed by atoms with Gasteiger partial charge in [-0.05, 0) is 49.9 Å². The van der Waals surface area contributed by atoms with E-state index in [-0.39, 0.29) is 22.1 Å². The second kappa shape index (κ2) is 11.0. The zero-order valence-corrected chi connectivity index (χ0v) is 23.7. The van der Waals surface area contributed by atoms with Crippen molar-refractivity contribution in [2.75, 3.05) is 37.7 Å². The van der Waals surface area contributed by atoms with Crippen molar-refractivity contribution in [2.24, 2.45) is 0 Å². The highest BCUT2D eigenvalue weighted by Gasteiger charge is 2.32. The number of fused-ring (bicyclic) bond motifs is 1. The van der Waals surface area contributed by atoms with Crippen molar-refractivity contribution in [1.29, 1.82) is 0 Å². The van der Waals surface area contributed by atoms with Gasteiger partial charge in [0, 0.05) is 36.9 Å². The van der Waals surface area contributed by atoms with Crippen LogP contribution in [0.5, 0.6) is 0 Å². The summed E-state index contributed by atoms with van der Waals surface area (Å²) in [5.41, 5.74) is 2.90. The van der Waals surface area contributed by atoms with Crippen molar-refractivity contribution in [3.63, 3.8) is 0 Å². The summed E-state index contributed by atoms with van der Waals surface area (Å²) in [5, 5.41) is 9.45. The molecule has 0 radical (unpaired) electrons. The van der Waals surface area contributed by atoms with E-state index in [9.17, 15) is 13.2 Å². The van der Waals surface area contributed by atoms with E-state index in [1.807, 2.05) is 36.1 Å². The minimum absolute atomic E-state index is 0.0612. The molecule has 1 aromatic heterocycles. The van der Waals surface area contributed by atoms with E-state index in [0.29, 0.717) is 49.4 Å². The molecule has 1 saturated carbocycles. The molecule has 6 rings (SSSR count). The van der Waals surface area contributed by atoms with E-state index >= 15 is 0 Å². The Balaban J connectivity index is 1.29. The number of rotatable bonds is 7. The van der Waals surface area contributed by atoms with E-state index in [2.05, 4.69) is 20.8 Å². The Bertz CT molecular complexity index is 1460. The first kappa shape index (κ1) is 26.5. The van der Waals surface area contributed by atoms with Crippen LogP contribution in [0.4, 0.5) is 5.69 Å². The van der Waals surface area contributed by atoms with Gasteiger partial charge in [0.25, 0.3) is 0 Å². The van der Waals surface area contributed by atoms with Crippen LogP contribution < -0.4 is 4.90 Å². The first-order chi connectivity index (χ1) is 18.9. The minimum atomic E-state index is -3.64. The van der Waals surface area contributed by atoms with Crippen LogP contribution in [0.3, 0.4) is 0 Å². The van der Waals surface area contributed by atoms with Gasteiger partial charge >= 0.3 is 0 Å². The smallest absolute Gasteiger partial charge is 0.243 e. The quantitative estimate of drug-likeness (QED) is 0.396. The fourth-order valence-electron chi connectivity index (χ4n) is 5.77. The minimum Gasteiger partial charge on any atom is -0.379 e. The lowest BCUT2D eigenvalue weighted by atomic mass is 10.2. The summed E-state index contributed by atoms with van der Waals surface area (Å²) in [4.78, 5) is 15.6. The summed E-state index contributed by atoms with van der Waals surface area (Å²) in [6, 6.07) is 15.3. The number of hydrogen-bond acceptors (Lipinski definition) is 7. The first-order valence-corrected chi connectivity index (χ1v) is 15.9. The molecule has 1 aliphatic carbocycles. The fourth-order valence-corrected chi connectivity index (χ4v) is 8.21. The summed E-state index contributed by atoms with van der Waals surface area (Å²) in [6.45, 7) is 4.10. The average Bonchev–Trinajstić information content (AvgIpc) is 3.73. The number of anilines is 1. The van der Waals surface area contributed by atoms with Crippen molar-refractivity contribution in [3.8, 4) is 11.4 Å². The van der Waals surface area contributed by atoms with E-state index in [0.717, 1.165) is 37.8 Å². The van der Waals surface area contributed by atoms with Gasteiger partial charge in [0.05, 0.1) is 23.4 Å². The second-order valence-electron chi connectivity index (χ2n) is 10.3. The number of carbonyl (C=O) groups is 1. The maximum absolute atomic E-state index is 13.5. The molecule has 9 nitrogen and oxygen atoms in total. The lowest BCUT2D eigenvalue weighted by molar-refractivity contribution is -0.117. The fraction of sp³-hybridized carbons (Fsp3) is 0.464. The molecular formula is C28H33N5O4S2. The first-order valence-electron chi connectivity index (χ1n) is 13.6. The van der Waals surface area contributed by atoms with Crippen molar-refractivity contribution < 1.29 is 17.9 Å². The van der Waals surface area contributed by atoms with Crippen LogP contribution in [0.1, 0.15) is 44.2 Å². The van der Waals surface area contributed by atoms with Crippen molar-refractivity contribution in [3.05, 3.63) is 54.1 Å². The van der Waals surface area contributed by atoms with Crippen molar-refractivity contribution in [1.82, 2.24) is 19.1 Å². The molecule has 3 heterocycles. The zero-order chi connectivity index (χ0) is 27.0. The topological polar surface area (TPSA) is 97.6 Å². The van der Waals surface area contributed by atoms with E-state index in [1.165, 1.54) is 21.6 Å². The largest absolute Gasteiger partial charge is 0.379 e. The van der Waals surface area contributed by atoms with Crippen LogP contribution in [0.15, 0.2) is 58.6 Å². The Labute approximate surface area is 233 Å². The molecule has 0 N–H and O–H groups in total. The van der Waals surface area contributed by atoms with Gasteiger partial charge in [0.15, 0.2) is 11.0 Å². The standard InChI is InChI=1S/C28H33N5O4S2/c1-20(27(34)32-14-13-21-7-2-5-12-25(21)32)38-28-30-29-26(33(28)23-9-3-4-10-23)22-8-6-11-24(19-22)39(35,36)31-15-17-37-18-16-31/h2,5-8,11-12,19-20,23H,3-4,9-10,13-18H2,1H3/t20-/m0/s1. The van der Waals surface area contributed by atoms with Gasteiger partial charge in [0.1, 0.15) is 0 Å². The Hall–Kier alpha value is -2.73. The molecule has 2 fully saturated rings. The van der Waals surface area contributed by atoms with Gasteiger partial charge in [-0.1, -0.05) is 54.9 Å². The predicted octanol–water partition coefficient (Wildman–Crippen LogP) is 4.15.